The molecule has 3 rings (SSSR count). The topological polar surface area (TPSA) is 76.2 Å². The summed E-state index contributed by atoms with van der Waals surface area (Å²) in [5, 5.41) is -0.0645. The predicted molar refractivity (Wildman–Crippen MR) is 110 cm³/mol. The molecule has 0 N–H and O–H groups in total. The molecule has 0 spiro atoms. The highest BCUT2D eigenvalue weighted by molar-refractivity contribution is 7.81. The van der Waals surface area contributed by atoms with E-state index in [2.05, 4.69) is 12.6 Å². The van der Waals surface area contributed by atoms with Crippen molar-refractivity contribution in [3.05, 3.63) is 35.9 Å². The second kappa shape index (κ2) is 10.0. The number of likely N-dealkylation sites (tertiary alicyclic amines) is 2. The van der Waals surface area contributed by atoms with Crippen molar-refractivity contribution in [2.75, 3.05) is 26.2 Å². The van der Waals surface area contributed by atoms with Crippen molar-refractivity contribution in [3.8, 4) is 0 Å². The van der Waals surface area contributed by atoms with Gasteiger partial charge in [-0.1, -0.05) is 30.3 Å². The third-order valence-electron chi connectivity index (χ3n) is 5.43. The normalized spacial score (nSPS) is 22.4. The van der Waals surface area contributed by atoms with Crippen molar-refractivity contribution in [3.63, 3.8) is 0 Å². The van der Waals surface area contributed by atoms with Gasteiger partial charge in [-0.2, -0.15) is 12.6 Å². The number of carbonyl (C=O) groups is 3. The van der Waals surface area contributed by atoms with Crippen LogP contribution in [0, 0.1) is 5.92 Å². The molecule has 29 heavy (non-hydrogen) atoms. The highest BCUT2D eigenvalue weighted by Crippen LogP contribution is 2.27. The molecular weight excluding hydrogens is 392 g/mol. The zero-order valence-electron chi connectivity index (χ0n) is 16.7. The van der Waals surface area contributed by atoms with E-state index in [1.807, 2.05) is 30.3 Å². The maximum atomic E-state index is 13.1. The highest BCUT2D eigenvalue weighted by Gasteiger charge is 2.42. The van der Waals surface area contributed by atoms with Gasteiger partial charge < -0.3 is 14.4 Å². The largest absolute Gasteiger partial charge is 0.466 e. The van der Waals surface area contributed by atoms with Crippen LogP contribution in [0.2, 0.25) is 0 Å². The van der Waals surface area contributed by atoms with Crippen LogP contribution in [-0.2, 0) is 25.7 Å². The summed E-state index contributed by atoms with van der Waals surface area (Å²) in [5.74, 6) is -0.449. The standard InChI is InChI=1S/C21H28N2O5S/c1-2-27-20(25)16-8-10-22(11-9-16)19(24)18-12-17(29)13-23(18)21(26)28-14-15-6-4-3-5-7-15/h3-7,16-18,29H,2,8-14H2,1H3/t17-,18+/m1/s1. The molecule has 8 heteroatoms. The molecule has 0 aromatic heterocycles. The fraction of sp³-hybridized carbons (Fsp3) is 0.571. The number of nitrogens with zero attached hydrogens (tertiary/aromatic N) is 2. The van der Waals surface area contributed by atoms with E-state index >= 15 is 0 Å². The molecule has 0 radical (unpaired) electrons. The Morgan fingerprint density at radius 1 is 1.10 bits per heavy atom. The van der Waals surface area contributed by atoms with Gasteiger partial charge in [0.05, 0.1) is 12.5 Å². The Balaban J connectivity index is 1.56. The van der Waals surface area contributed by atoms with Gasteiger partial charge in [-0.3, -0.25) is 14.5 Å². The summed E-state index contributed by atoms with van der Waals surface area (Å²) in [6, 6.07) is 8.87. The van der Waals surface area contributed by atoms with E-state index in [0.29, 0.717) is 45.5 Å². The molecule has 0 unspecified atom stereocenters. The average molecular weight is 421 g/mol. The lowest BCUT2D eigenvalue weighted by molar-refractivity contribution is -0.151. The van der Waals surface area contributed by atoms with E-state index < -0.39 is 12.1 Å². The van der Waals surface area contributed by atoms with Crippen molar-refractivity contribution >= 4 is 30.6 Å². The van der Waals surface area contributed by atoms with Crippen LogP contribution in [0.25, 0.3) is 0 Å². The van der Waals surface area contributed by atoms with Gasteiger partial charge in [0.2, 0.25) is 5.91 Å². The second-order valence-electron chi connectivity index (χ2n) is 7.45. The third kappa shape index (κ3) is 5.44. The quantitative estimate of drug-likeness (QED) is 0.585. The molecule has 2 aliphatic rings. The minimum atomic E-state index is -0.570. The van der Waals surface area contributed by atoms with E-state index in [9.17, 15) is 14.4 Å². The molecule has 0 bridgehead atoms. The molecule has 0 saturated carbocycles. The number of piperidine rings is 1. The zero-order valence-corrected chi connectivity index (χ0v) is 17.6. The molecule has 1 aromatic rings. The summed E-state index contributed by atoms with van der Waals surface area (Å²) >= 11 is 4.49. The maximum absolute atomic E-state index is 13.1. The number of amides is 2. The molecular formula is C21H28N2O5S. The lowest BCUT2D eigenvalue weighted by Gasteiger charge is -2.34. The van der Waals surface area contributed by atoms with Crippen LogP contribution >= 0.6 is 12.6 Å². The lowest BCUT2D eigenvalue weighted by atomic mass is 9.96. The van der Waals surface area contributed by atoms with Crippen LogP contribution in [0.4, 0.5) is 4.79 Å². The zero-order chi connectivity index (χ0) is 20.8. The van der Waals surface area contributed by atoms with Gasteiger partial charge in [-0.05, 0) is 31.7 Å². The van der Waals surface area contributed by atoms with Crippen molar-refractivity contribution < 1.29 is 23.9 Å². The first-order chi connectivity index (χ1) is 14.0. The molecule has 7 nitrogen and oxygen atoms in total. The molecule has 1 aromatic carbocycles. The summed E-state index contributed by atoms with van der Waals surface area (Å²) in [6.45, 7) is 3.68. The Kier molecular flexibility index (Phi) is 7.41. The maximum Gasteiger partial charge on any atom is 0.410 e. The van der Waals surface area contributed by atoms with Gasteiger partial charge in [-0.15, -0.1) is 0 Å². The number of rotatable bonds is 5. The lowest BCUT2D eigenvalue weighted by Crippen LogP contribution is -2.50. The molecule has 0 aliphatic carbocycles. The summed E-state index contributed by atoms with van der Waals surface area (Å²) in [5.41, 5.74) is 0.895. The summed E-state index contributed by atoms with van der Waals surface area (Å²) in [6.07, 6.45) is 1.17. The van der Waals surface area contributed by atoms with Gasteiger partial charge in [0.15, 0.2) is 0 Å². The summed E-state index contributed by atoms with van der Waals surface area (Å²) in [7, 11) is 0. The molecule has 2 saturated heterocycles. The second-order valence-corrected chi connectivity index (χ2v) is 8.18. The number of hydrogen-bond donors (Lipinski definition) is 1. The molecule has 2 fully saturated rings. The molecule has 2 atom stereocenters. The highest BCUT2D eigenvalue weighted by atomic mass is 32.1. The van der Waals surface area contributed by atoms with E-state index in [1.165, 1.54) is 4.90 Å². The number of benzene rings is 1. The van der Waals surface area contributed by atoms with Gasteiger partial charge in [-0.25, -0.2) is 4.79 Å². The fourth-order valence-corrected chi connectivity index (χ4v) is 4.23. The molecule has 2 amide bonds. The minimum absolute atomic E-state index is 0.0645. The minimum Gasteiger partial charge on any atom is -0.466 e. The Morgan fingerprint density at radius 3 is 2.45 bits per heavy atom. The molecule has 2 aliphatic heterocycles. The SMILES string of the molecule is CCOC(=O)C1CCN(C(=O)[C@@H]2C[C@@H](S)CN2C(=O)OCc2ccccc2)CC1. The van der Waals surface area contributed by atoms with Gasteiger partial charge in [0, 0.05) is 24.9 Å². The Morgan fingerprint density at radius 2 is 1.79 bits per heavy atom. The third-order valence-corrected chi connectivity index (χ3v) is 5.80. The first kappa shape index (κ1) is 21.5. The van der Waals surface area contributed by atoms with Crippen LogP contribution in [0.1, 0.15) is 31.7 Å². The smallest absolute Gasteiger partial charge is 0.410 e. The first-order valence-corrected chi connectivity index (χ1v) is 10.6. The van der Waals surface area contributed by atoms with Gasteiger partial charge in [0.25, 0.3) is 0 Å². The van der Waals surface area contributed by atoms with Crippen LogP contribution in [0.3, 0.4) is 0 Å². The summed E-state index contributed by atoms with van der Waals surface area (Å²) < 4.78 is 10.5. The van der Waals surface area contributed by atoms with Crippen molar-refractivity contribution in [2.24, 2.45) is 5.92 Å². The monoisotopic (exact) mass is 420 g/mol. The Bertz CT molecular complexity index is 721. The first-order valence-electron chi connectivity index (χ1n) is 10.1. The summed E-state index contributed by atoms with van der Waals surface area (Å²) in [4.78, 5) is 40.8. The van der Waals surface area contributed by atoms with Crippen LogP contribution < -0.4 is 0 Å². The fourth-order valence-electron chi connectivity index (χ4n) is 3.86. The van der Waals surface area contributed by atoms with Crippen LogP contribution in [-0.4, -0.2) is 65.3 Å². The number of esters is 1. The Hall–Kier alpha value is -2.22. The molecule has 158 valence electrons. The number of hydrogen-bond acceptors (Lipinski definition) is 6. The van der Waals surface area contributed by atoms with Crippen molar-refractivity contribution in [1.82, 2.24) is 9.80 Å². The van der Waals surface area contributed by atoms with E-state index in [1.54, 1.807) is 11.8 Å². The average Bonchev–Trinajstić information content (AvgIpc) is 3.14. The van der Waals surface area contributed by atoms with E-state index in [0.717, 1.165) is 5.56 Å². The predicted octanol–water partition coefficient (Wildman–Crippen LogP) is 2.50. The number of ether oxygens (including phenoxy) is 2. The van der Waals surface area contributed by atoms with Gasteiger partial charge >= 0.3 is 12.1 Å². The number of thiol groups is 1. The van der Waals surface area contributed by atoms with E-state index in [4.69, 9.17) is 9.47 Å². The van der Waals surface area contributed by atoms with Crippen molar-refractivity contribution in [2.45, 2.75) is 44.1 Å². The molecule has 2 heterocycles. The van der Waals surface area contributed by atoms with E-state index in [-0.39, 0.29) is 29.7 Å². The van der Waals surface area contributed by atoms with Crippen molar-refractivity contribution in [1.29, 1.82) is 0 Å². The number of carbonyl (C=O) groups excluding carboxylic acids is 3. The van der Waals surface area contributed by atoms with Gasteiger partial charge in [0.1, 0.15) is 12.6 Å². The Labute approximate surface area is 176 Å². The van der Waals surface area contributed by atoms with Crippen LogP contribution in [0.5, 0.6) is 0 Å². The van der Waals surface area contributed by atoms with Crippen LogP contribution in [0.15, 0.2) is 30.3 Å².